The molecule has 3 nitrogen and oxygen atoms in total. The van der Waals surface area contributed by atoms with E-state index in [1.807, 2.05) is 14.0 Å². The van der Waals surface area contributed by atoms with E-state index in [1.165, 1.54) is 12.8 Å². The molecule has 1 saturated heterocycles. The fraction of sp³-hybridized carbons (Fsp3) is 1.00. The van der Waals surface area contributed by atoms with Gasteiger partial charge in [-0.1, -0.05) is 0 Å². The summed E-state index contributed by atoms with van der Waals surface area (Å²) in [5, 5.41) is 12.7. The number of likely N-dealkylation sites (tertiary alicyclic amines) is 1. The smallest absolute Gasteiger partial charge is 0.0664 e. The molecule has 1 aliphatic heterocycles. The molecular weight excluding hydrogens is 164 g/mol. The Labute approximate surface area is 81.1 Å². The third kappa shape index (κ3) is 2.93. The van der Waals surface area contributed by atoms with Crippen molar-refractivity contribution in [3.8, 4) is 0 Å². The number of aliphatic hydroxyl groups excluding tert-OH is 1. The van der Waals surface area contributed by atoms with Crippen LogP contribution >= 0.6 is 0 Å². The summed E-state index contributed by atoms with van der Waals surface area (Å²) in [6.07, 6.45) is 2.19. The first-order chi connectivity index (χ1) is 6.15. The number of hydrogen-bond acceptors (Lipinski definition) is 3. The van der Waals surface area contributed by atoms with E-state index in [-0.39, 0.29) is 6.10 Å². The van der Waals surface area contributed by atoms with Crippen molar-refractivity contribution < 1.29 is 5.11 Å². The van der Waals surface area contributed by atoms with Crippen LogP contribution in [-0.4, -0.2) is 48.3 Å². The van der Waals surface area contributed by atoms with Gasteiger partial charge in [-0.05, 0) is 33.7 Å². The minimum atomic E-state index is -0.217. The Morgan fingerprint density at radius 1 is 1.31 bits per heavy atom. The van der Waals surface area contributed by atoms with Gasteiger partial charge in [-0.3, -0.25) is 4.90 Å². The molecule has 0 amide bonds. The van der Waals surface area contributed by atoms with Crippen molar-refractivity contribution >= 4 is 0 Å². The standard InChI is InChI=1S/C10H22N2O/c1-8(9(2)13)12-6-4-10(11-3)5-7-12/h8-11,13H,4-7H2,1-3H3. The quantitative estimate of drug-likeness (QED) is 0.671. The molecule has 0 aromatic rings. The van der Waals surface area contributed by atoms with Gasteiger partial charge in [0.05, 0.1) is 6.10 Å². The molecule has 78 valence electrons. The molecule has 0 spiro atoms. The molecule has 0 saturated carbocycles. The first-order valence-corrected chi connectivity index (χ1v) is 5.24. The molecular formula is C10H22N2O. The molecule has 0 aromatic heterocycles. The Morgan fingerprint density at radius 3 is 2.23 bits per heavy atom. The lowest BCUT2D eigenvalue weighted by molar-refractivity contribution is 0.0534. The van der Waals surface area contributed by atoms with Gasteiger partial charge in [-0.15, -0.1) is 0 Å². The lowest BCUT2D eigenvalue weighted by atomic mass is 10.0. The number of rotatable bonds is 3. The molecule has 0 aliphatic carbocycles. The van der Waals surface area contributed by atoms with E-state index >= 15 is 0 Å². The van der Waals surface area contributed by atoms with Gasteiger partial charge in [0, 0.05) is 25.2 Å². The van der Waals surface area contributed by atoms with Crippen LogP contribution in [-0.2, 0) is 0 Å². The third-order valence-electron chi connectivity index (χ3n) is 3.21. The van der Waals surface area contributed by atoms with Gasteiger partial charge in [-0.25, -0.2) is 0 Å². The maximum Gasteiger partial charge on any atom is 0.0664 e. The van der Waals surface area contributed by atoms with Crippen LogP contribution in [0.4, 0.5) is 0 Å². The van der Waals surface area contributed by atoms with Gasteiger partial charge < -0.3 is 10.4 Å². The number of nitrogens with zero attached hydrogens (tertiary/aromatic N) is 1. The zero-order chi connectivity index (χ0) is 9.84. The Bertz CT molecular complexity index is 142. The molecule has 1 fully saturated rings. The van der Waals surface area contributed by atoms with E-state index in [0.717, 1.165) is 13.1 Å². The van der Waals surface area contributed by atoms with Crippen LogP contribution < -0.4 is 5.32 Å². The maximum absolute atomic E-state index is 9.44. The van der Waals surface area contributed by atoms with Gasteiger partial charge in [-0.2, -0.15) is 0 Å². The number of nitrogens with one attached hydrogen (secondary N) is 1. The van der Waals surface area contributed by atoms with Crippen LogP contribution in [0.3, 0.4) is 0 Å². The third-order valence-corrected chi connectivity index (χ3v) is 3.21. The summed E-state index contributed by atoms with van der Waals surface area (Å²) in [4.78, 5) is 2.37. The highest BCUT2D eigenvalue weighted by molar-refractivity contribution is 4.80. The van der Waals surface area contributed by atoms with E-state index in [4.69, 9.17) is 0 Å². The number of hydrogen-bond donors (Lipinski definition) is 2. The average Bonchev–Trinajstić information content (AvgIpc) is 2.17. The van der Waals surface area contributed by atoms with Crippen molar-refractivity contribution in [1.82, 2.24) is 10.2 Å². The first-order valence-electron chi connectivity index (χ1n) is 5.24. The SMILES string of the molecule is CNC1CCN(C(C)C(C)O)CC1. The monoisotopic (exact) mass is 186 g/mol. The lowest BCUT2D eigenvalue weighted by Crippen LogP contribution is -2.48. The topological polar surface area (TPSA) is 35.5 Å². The molecule has 1 heterocycles. The Balaban J connectivity index is 2.32. The fourth-order valence-electron chi connectivity index (χ4n) is 1.90. The van der Waals surface area contributed by atoms with Gasteiger partial charge in [0.15, 0.2) is 0 Å². The summed E-state index contributed by atoms with van der Waals surface area (Å²) < 4.78 is 0. The molecule has 0 aromatic carbocycles. The molecule has 13 heavy (non-hydrogen) atoms. The second-order valence-corrected chi connectivity index (χ2v) is 4.08. The molecule has 2 N–H and O–H groups in total. The predicted octanol–water partition coefficient (Wildman–Crippen LogP) is 0.439. The minimum absolute atomic E-state index is 0.217. The van der Waals surface area contributed by atoms with Crippen molar-refractivity contribution in [3.63, 3.8) is 0 Å². The van der Waals surface area contributed by atoms with E-state index in [2.05, 4.69) is 17.1 Å². The van der Waals surface area contributed by atoms with Crippen molar-refractivity contribution in [1.29, 1.82) is 0 Å². The molecule has 3 heteroatoms. The van der Waals surface area contributed by atoms with Crippen LogP contribution in [0, 0.1) is 0 Å². The highest BCUT2D eigenvalue weighted by Crippen LogP contribution is 2.14. The van der Waals surface area contributed by atoms with Crippen LogP contribution in [0.1, 0.15) is 26.7 Å². The summed E-state index contributed by atoms with van der Waals surface area (Å²) in [7, 11) is 2.03. The summed E-state index contributed by atoms with van der Waals surface area (Å²) in [6.45, 7) is 6.19. The molecule has 0 radical (unpaired) electrons. The molecule has 1 rings (SSSR count). The Kier molecular flexibility index (Phi) is 4.16. The summed E-state index contributed by atoms with van der Waals surface area (Å²) >= 11 is 0. The van der Waals surface area contributed by atoms with E-state index in [9.17, 15) is 5.11 Å². The van der Waals surface area contributed by atoms with Crippen LogP contribution in [0.25, 0.3) is 0 Å². The molecule has 2 atom stereocenters. The van der Waals surface area contributed by atoms with E-state index < -0.39 is 0 Å². The minimum Gasteiger partial charge on any atom is -0.392 e. The molecule has 0 bridgehead atoms. The maximum atomic E-state index is 9.44. The number of aliphatic hydroxyl groups is 1. The van der Waals surface area contributed by atoms with Crippen LogP contribution in [0.5, 0.6) is 0 Å². The highest BCUT2D eigenvalue weighted by Gasteiger charge is 2.23. The van der Waals surface area contributed by atoms with Crippen molar-refractivity contribution in [3.05, 3.63) is 0 Å². The zero-order valence-corrected chi connectivity index (χ0v) is 8.95. The summed E-state index contributed by atoms with van der Waals surface area (Å²) in [6, 6.07) is 0.982. The zero-order valence-electron chi connectivity index (χ0n) is 8.95. The van der Waals surface area contributed by atoms with E-state index in [1.54, 1.807) is 0 Å². The second kappa shape index (κ2) is 4.94. The normalized spacial score (nSPS) is 25.8. The van der Waals surface area contributed by atoms with Crippen molar-refractivity contribution in [2.24, 2.45) is 0 Å². The van der Waals surface area contributed by atoms with Crippen molar-refractivity contribution in [2.45, 2.75) is 44.9 Å². The van der Waals surface area contributed by atoms with E-state index in [0.29, 0.717) is 12.1 Å². The first kappa shape index (κ1) is 11.0. The lowest BCUT2D eigenvalue weighted by Gasteiger charge is -2.37. The fourth-order valence-corrected chi connectivity index (χ4v) is 1.90. The van der Waals surface area contributed by atoms with Gasteiger partial charge in [0.1, 0.15) is 0 Å². The second-order valence-electron chi connectivity index (χ2n) is 4.08. The van der Waals surface area contributed by atoms with Crippen molar-refractivity contribution in [2.75, 3.05) is 20.1 Å². The average molecular weight is 186 g/mol. The van der Waals surface area contributed by atoms with Crippen LogP contribution in [0.15, 0.2) is 0 Å². The van der Waals surface area contributed by atoms with Gasteiger partial charge in [0.25, 0.3) is 0 Å². The van der Waals surface area contributed by atoms with Gasteiger partial charge >= 0.3 is 0 Å². The molecule has 1 aliphatic rings. The highest BCUT2D eigenvalue weighted by atomic mass is 16.3. The number of piperidine rings is 1. The predicted molar refractivity (Wildman–Crippen MR) is 54.8 cm³/mol. The Hall–Kier alpha value is -0.120. The summed E-state index contributed by atoms with van der Waals surface area (Å²) in [5.74, 6) is 0. The van der Waals surface area contributed by atoms with Gasteiger partial charge in [0.2, 0.25) is 0 Å². The largest absolute Gasteiger partial charge is 0.392 e. The molecule has 2 unspecified atom stereocenters. The van der Waals surface area contributed by atoms with Crippen LogP contribution in [0.2, 0.25) is 0 Å². The Morgan fingerprint density at radius 2 is 1.85 bits per heavy atom. The summed E-state index contributed by atoms with van der Waals surface area (Å²) in [5.41, 5.74) is 0.